The molecule has 2 N–H and O–H groups in total. The molecule has 1 aromatic carbocycles. The van der Waals surface area contributed by atoms with E-state index < -0.39 is 9.84 Å². The average Bonchev–Trinajstić information content (AvgIpc) is 2.27. The molecule has 0 atom stereocenters. The molecule has 0 saturated heterocycles. The van der Waals surface area contributed by atoms with Gasteiger partial charge in [0.15, 0.2) is 0 Å². The van der Waals surface area contributed by atoms with Crippen LogP contribution < -0.4 is 5.73 Å². The lowest BCUT2D eigenvalue weighted by Crippen LogP contribution is -2.31. The molecule has 100 valence electrons. The number of hydrogen-bond donors (Lipinski definition) is 1. The minimum Gasteiger partial charge on any atom is -0.398 e. The maximum Gasteiger partial charge on any atom is 0.255 e. The molecule has 0 saturated carbocycles. The van der Waals surface area contributed by atoms with Gasteiger partial charge in [-0.05, 0) is 18.2 Å². The van der Waals surface area contributed by atoms with Gasteiger partial charge in [0, 0.05) is 30.0 Å². The molecule has 5 nitrogen and oxygen atoms in total. The highest BCUT2D eigenvalue weighted by Gasteiger charge is 2.16. The number of carbonyl (C=O) groups is 1. The van der Waals surface area contributed by atoms with E-state index in [-0.39, 0.29) is 18.2 Å². The second kappa shape index (κ2) is 5.71. The molecule has 0 aliphatic rings. The van der Waals surface area contributed by atoms with Crippen LogP contribution in [0.4, 0.5) is 5.69 Å². The van der Waals surface area contributed by atoms with Gasteiger partial charge in [-0.1, -0.05) is 15.9 Å². The van der Waals surface area contributed by atoms with Crippen molar-refractivity contribution in [1.29, 1.82) is 0 Å². The summed E-state index contributed by atoms with van der Waals surface area (Å²) in [4.78, 5) is 13.4. The van der Waals surface area contributed by atoms with E-state index in [1.54, 1.807) is 25.2 Å². The van der Waals surface area contributed by atoms with Crippen LogP contribution in [-0.4, -0.2) is 44.8 Å². The first-order valence-electron chi connectivity index (χ1n) is 5.19. The van der Waals surface area contributed by atoms with E-state index in [9.17, 15) is 13.2 Å². The second-order valence-electron chi connectivity index (χ2n) is 4.09. The lowest BCUT2D eigenvalue weighted by Gasteiger charge is -2.17. The van der Waals surface area contributed by atoms with Crippen molar-refractivity contribution in [2.75, 3.05) is 31.3 Å². The van der Waals surface area contributed by atoms with Crippen LogP contribution in [0.1, 0.15) is 10.4 Å². The minimum absolute atomic E-state index is 0.0663. The van der Waals surface area contributed by atoms with Crippen molar-refractivity contribution >= 4 is 37.4 Å². The molecule has 0 fully saturated rings. The monoisotopic (exact) mass is 334 g/mol. The predicted octanol–water partition coefficient (Wildman–Crippen LogP) is 1.15. The van der Waals surface area contributed by atoms with E-state index in [2.05, 4.69) is 15.9 Å². The fraction of sp³-hybridized carbons (Fsp3) is 0.364. The topological polar surface area (TPSA) is 80.5 Å². The Hall–Kier alpha value is -1.08. The zero-order valence-corrected chi connectivity index (χ0v) is 12.6. The molecule has 0 aromatic heterocycles. The fourth-order valence-electron chi connectivity index (χ4n) is 1.32. The maximum absolute atomic E-state index is 12.1. The van der Waals surface area contributed by atoms with Gasteiger partial charge in [-0.3, -0.25) is 4.79 Å². The number of nitrogens with zero attached hydrogens (tertiary/aromatic N) is 1. The van der Waals surface area contributed by atoms with Gasteiger partial charge in [0.2, 0.25) is 0 Å². The molecule has 1 rings (SSSR count). The van der Waals surface area contributed by atoms with Gasteiger partial charge in [-0.15, -0.1) is 0 Å². The first-order valence-corrected chi connectivity index (χ1v) is 8.04. The highest BCUT2D eigenvalue weighted by atomic mass is 79.9. The Morgan fingerprint density at radius 2 is 2.06 bits per heavy atom. The van der Waals surface area contributed by atoms with Gasteiger partial charge in [-0.25, -0.2) is 8.42 Å². The van der Waals surface area contributed by atoms with E-state index in [0.29, 0.717) is 11.3 Å². The Labute approximate surface area is 115 Å². The van der Waals surface area contributed by atoms with Crippen molar-refractivity contribution in [2.45, 2.75) is 0 Å². The van der Waals surface area contributed by atoms with Gasteiger partial charge < -0.3 is 10.6 Å². The van der Waals surface area contributed by atoms with Gasteiger partial charge in [0.05, 0.1) is 11.3 Å². The molecular formula is C11H15BrN2O3S. The van der Waals surface area contributed by atoms with Crippen LogP contribution in [0, 0.1) is 0 Å². The van der Waals surface area contributed by atoms with E-state index in [4.69, 9.17) is 5.73 Å². The molecule has 0 spiro atoms. The van der Waals surface area contributed by atoms with Crippen LogP contribution in [0.5, 0.6) is 0 Å². The number of hydrogen-bond acceptors (Lipinski definition) is 4. The highest BCUT2D eigenvalue weighted by Crippen LogP contribution is 2.19. The summed E-state index contributed by atoms with van der Waals surface area (Å²) >= 11 is 3.26. The SMILES string of the molecule is CN(CCS(C)(=O)=O)C(=O)c1cc(Br)ccc1N. The van der Waals surface area contributed by atoms with Gasteiger partial charge in [0.1, 0.15) is 9.84 Å². The second-order valence-corrected chi connectivity index (χ2v) is 7.26. The molecule has 1 aromatic rings. The summed E-state index contributed by atoms with van der Waals surface area (Å²) in [6, 6.07) is 4.99. The molecule has 0 unspecified atom stereocenters. The van der Waals surface area contributed by atoms with Crippen LogP contribution in [-0.2, 0) is 9.84 Å². The van der Waals surface area contributed by atoms with Crippen molar-refractivity contribution < 1.29 is 13.2 Å². The van der Waals surface area contributed by atoms with Crippen molar-refractivity contribution in [3.05, 3.63) is 28.2 Å². The van der Waals surface area contributed by atoms with Crippen LogP contribution in [0.3, 0.4) is 0 Å². The van der Waals surface area contributed by atoms with Gasteiger partial charge in [-0.2, -0.15) is 0 Å². The molecule has 0 radical (unpaired) electrons. The molecule has 0 aliphatic carbocycles. The summed E-state index contributed by atoms with van der Waals surface area (Å²) in [5, 5.41) is 0. The van der Waals surface area contributed by atoms with Crippen molar-refractivity contribution in [3.8, 4) is 0 Å². The Morgan fingerprint density at radius 3 is 2.61 bits per heavy atom. The number of nitrogen functional groups attached to an aromatic ring is 1. The minimum atomic E-state index is -3.09. The van der Waals surface area contributed by atoms with E-state index >= 15 is 0 Å². The number of rotatable bonds is 4. The third kappa shape index (κ3) is 4.30. The van der Waals surface area contributed by atoms with Crippen molar-refractivity contribution in [2.24, 2.45) is 0 Å². The largest absolute Gasteiger partial charge is 0.398 e. The smallest absolute Gasteiger partial charge is 0.255 e. The Balaban J connectivity index is 2.83. The quantitative estimate of drug-likeness (QED) is 0.837. The molecule has 1 amide bonds. The zero-order chi connectivity index (χ0) is 13.9. The summed E-state index contributed by atoms with van der Waals surface area (Å²) in [5.74, 6) is -0.360. The number of anilines is 1. The number of halogens is 1. The number of nitrogens with two attached hydrogens (primary N) is 1. The molecule has 7 heteroatoms. The summed E-state index contributed by atoms with van der Waals surface area (Å²) in [7, 11) is -1.54. The number of benzene rings is 1. The van der Waals surface area contributed by atoms with E-state index in [1.165, 1.54) is 4.90 Å². The van der Waals surface area contributed by atoms with Crippen molar-refractivity contribution in [3.63, 3.8) is 0 Å². The fourth-order valence-corrected chi connectivity index (χ4v) is 2.29. The molecular weight excluding hydrogens is 320 g/mol. The molecule has 0 heterocycles. The summed E-state index contributed by atoms with van der Waals surface area (Å²) in [6.07, 6.45) is 1.14. The lowest BCUT2D eigenvalue weighted by atomic mass is 10.1. The van der Waals surface area contributed by atoms with Crippen LogP contribution in [0.25, 0.3) is 0 Å². The third-order valence-electron chi connectivity index (χ3n) is 2.39. The van der Waals surface area contributed by atoms with E-state index in [1.807, 2.05) is 0 Å². The summed E-state index contributed by atoms with van der Waals surface area (Å²) in [6.45, 7) is 0.142. The number of sulfone groups is 1. The van der Waals surface area contributed by atoms with Gasteiger partial charge in [0.25, 0.3) is 5.91 Å². The maximum atomic E-state index is 12.1. The van der Waals surface area contributed by atoms with Gasteiger partial charge >= 0.3 is 0 Å². The standard InChI is InChI=1S/C11H15BrN2O3S/c1-14(5-6-18(2,16)17)11(15)9-7-8(12)3-4-10(9)13/h3-4,7H,5-6,13H2,1-2H3. The summed E-state index contributed by atoms with van der Waals surface area (Å²) in [5.41, 5.74) is 6.45. The van der Waals surface area contributed by atoms with Crippen molar-refractivity contribution in [1.82, 2.24) is 4.90 Å². The number of amides is 1. The number of carbonyl (C=O) groups excluding carboxylic acids is 1. The Bertz CT molecular complexity index is 557. The Kier molecular flexibility index (Phi) is 4.75. The van der Waals surface area contributed by atoms with Crippen LogP contribution in [0.15, 0.2) is 22.7 Å². The summed E-state index contributed by atoms with van der Waals surface area (Å²) < 4.78 is 22.8. The van der Waals surface area contributed by atoms with Crippen LogP contribution in [0.2, 0.25) is 0 Å². The molecule has 0 bridgehead atoms. The Morgan fingerprint density at radius 1 is 1.44 bits per heavy atom. The highest BCUT2D eigenvalue weighted by molar-refractivity contribution is 9.10. The normalized spacial score (nSPS) is 11.3. The zero-order valence-electron chi connectivity index (χ0n) is 10.2. The first-order chi connectivity index (χ1) is 8.20. The molecule has 0 aliphatic heterocycles. The average molecular weight is 335 g/mol. The molecule has 18 heavy (non-hydrogen) atoms. The van der Waals surface area contributed by atoms with E-state index in [0.717, 1.165) is 10.7 Å². The van der Waals surface area contributed by atoms with Crippen LogP contribution >= 0.6 is 15.9 Å². The third-order valence-corrected chi connectivity index (χ3v) is 3.81. The first kappa shape index (κ1) is 15.0. The predicted molar refractivity (Wildman–Crippen MR) is 75.2 cm³/mol. The lowest BCUT2D eigenvalue weighted by molar-refractivity contribution is 0.0804.